The molecule has 0 aliphatic carbocycles. The molecule has 7 rings (SSSR count). The first kappa shape index (κ1) is 72.6. The molecule has 82 heavy (non-hydrogen) atoms. The first-order valence-corrected chi connectivity index (χ1v) is 32.2. The van der Waals surface area contributed by atoms with Gasteiger partial charge >= 0.3 is 265 Å². The molecule has 1 saturated heterocycles. The third-order valence-corrected chi connectivity index (χ3v) is 24.9. The number of unbranched alkanes of at least 4 members (excludes halogenated alkanes) is 3. The number of fused-ring (bicyclic) bond motifs is 4. The first-order chi connectivity index (χ1) is 37.5. The summed E-state index contributed by atoms with van der Waals surface area (Å²) in [4.78, 5) is 59.4. The Labute approximate surface area is 543 Å². The number of ether oxygens (including phenoxy) is 1. The number of H-pyrrole nitrogens is 1. The smallest absolute Gasteiger partial charge is 0.744 e. The summed E-state index contributed by atoms with van der Waals surface area (Å²) in [5.74, 6) is 0. The van der Waals surface area contributed by atoms with Crippen LogP contribution in [0.25, 0.3) is 16.8 Å². The molecule has 3 N–H and O–H groups in total. The largest absolute Gasteiger partial charge is 1.00 e. The molecular formula is C48H55N5Na3O21P3S2. The molecule has 4 heterocycles. The van der Waals surface area contributed by atoms with Crippen molar-refractivity contribution in [3.8, 4) is 0 Å². The predicted molar refractivity (Wildman–Crippen MR) is 275 cm³/mol. The molecule has 3 aromatic carbocycles. The molecular weight excluding hydrogens is 1210 g/mol. The van der Waals surface area contributed by atoms with Gasteiger partial charge < -0.3 is 14.7 Å². The summed E-state index contributed by atoms with van der Waals surface area (Å²) in [6.45, 7) is 4.01. The molecule has 0 spiro atoms. The van der Waals surface area contributed by atoms with Gasteiger partial charge in [0.25, 0.3) is 0 Å². The number of anilines is 1. The maximum Gasteiger partial charge on any atom is 1.00 e. The zero-order valence-electron chi connectivity index (χ0n) is 45.9. The van der Waals surface area contributed by atoms with Gasteiger partial charge in [-0.05, 0) is 86.4 Å². The number of nitrogens with one attached hydrogen (secondary N) is 2. The fraction of sp³-hybridized carbons (Fsp3) is 0.396. The number of rotatable bonds is 27. The topological polar surface area (TPSA) is 374 Å². The number of hydroxylamine groups is 1. The molecule has 26 nitrogen and oxygen atoms in total. The van der Waals surface area contributed by atoms with Crippen molar-refractivity contribution < 1.29 is 184 Å². The van der Waals surface area contributed by atoms with Gasteiger partial charge in [-0.25, -0.2) is 8.42 Å². The van der Waals surface area contributed by atoms with E-state index in [1.54, 1.807) is 12.1 Å². The molecule has 0 saturated carbocycles. The van der Waals surface area contributed by atoms with Crippen LogP contribution in [0.4, 0.5) is 11.4 Å². The average Bonchev–Trinajstić information content (AvgIpc) is 3.31. The average molecular weight is 1260 g/mol. The van der Waals surface area contributed by atoms with Gasteiger partial charge in [0.2, 0.25) is 5.69 Å². The molecule has 1 aromatic heterocycles. The van der Waals surface area contributed by atoms with Crippen molar-refractivity contribution in [2.75, 3.05) is 31.2 Å². The summed E-state index contributed by atoms with van der Waals surface area (Å²) in [5.41, 5.74) is 5.68. The van der Waals surface area contributed by atoms with E-state index >= 15 is 0 Å². The Hall–Kier alpha value is -1.84. The Bertz CT molecular complexity index is 3370. The van der Waals surface area contributed by atoms with Crippen LogP contribution < -0.4 is 136 Å². The van der Waals surface area contributed by atoms with E-state index < -0.39 is 73.9 Å². The second kappa shape index (κ2) is 30.9. The summed E-state index contributed by atoms with van der Waals surface area (Å²) in [7, 11) is -13.9. The van der Waals surface area contributed by atoms with Crippen LogP contribution in [-0.2, 0) is 67.9 Å². The molecule has 428 valence electrons. The number of benzene rings is 3. The van der Waals surface area contributed by atoms with E-state index in [-0.39, 0.29) is 118 Å². The summed E-state index contributed by atoms with van der Waals surface area (Å²) in [6, 6.07) is 14.1. The van der Waals surface area contributed by atoms with Gasteiger partial charge in [0.05, 0.1) is 29.0 Å². The van der Waals surface area contributed by atoms with Crippen molar-refractivity contribution in [3.05, 3.63) is 135 Å². The molecule has 0 bridgehead atoms. The molecule has 0 amide bonds. The van der Waals surface area contributed by atoms with E-state index in [1.807, 2.05) is 54.6 Å². The number of hydrogen-bond acceptors (Lipinski definition) is 24. The molecule has 3 aliphatic rings. The minimum atomic E-state index is -6.85. The molecule has 5 atom stereocenters. The third kappa shape index (κ3) is 15.2. The van der Waals surface area contributed by atoms with E-state index in [2.05, 4.69) is 84.4 Å². The van der Waals surface area contributed by atoms with Crippen molar-refractivity contribution >= 4 is 78.2 Å². The normalized spacial score (nSPS) is 19.8. The van der Waals surface area contributed by atoms with Crippen LogP contribution in [0.15, 0.2) is 116 Å². The van der Waals surface area contributed by atoms with Crippen LogP contribution in [0.5, 0.6) is 0 Å². The Kier molecular flexibility index (Phi) is 27.3. The van der Waals surface area contributed by atoms with Crippen molar-refractivity contribution in [3.63, 3.8) is 0 Å². The fourth-order valence-corrected chi connectivity index (χ4v) is 15.4. The van der Waals surface area contributed by atoms with Gasteiger partial charge in [0.1, 0.15) is 16.7 Å². The van der Waals surface area contributed by atoms with Crippen molar-refractivity contribution in [1.82, 2.24) is 15.0 Å². The first-order valence-electron chi connectivity index (χ1n) is 24.3. The van der Waals surface area contributed by atoms with Crippen LogP contribution in [0.1, 0.15) is 89.6 Å². The van der Waals surface area contributed by atoms with Crippen LogP contribution >= 0.6 is 34.1 Å². The third-order valence-electron chi connectivity index (χ3n) is 13.8. The van der Waals surface area contributed by atoms with E-state index in [9.17, 15) is 62.4 Å². The minimum absolute atomic E-state index is 0. The van der Waals surface area contributed by atoms with Gasteiger partial charge in [0.15, 0.2) is 5.71 Å². The Morgan fingerprint density at radius 2 is 1.66 bits per heavy atom. The van der Waals surface area contributed by atoms with E-state index in [1.165, 1.54) is 18.3 Å². The summed E-state index contributed by atoms with van der Waals surface area (Å²) in [5, 5.41) is 50.5. The summed E-state index contributed by atoms with van der Waals surface area (Å²) >= 11 is 0.841. The Morgan fingerprint density at radius 1 is 0.939 bits per heavy atom. The zero-order valence-corrected chi connectivity index (χ0v) is 56.3. The standard InChI is InChI=1S/C48H58N5O21P3S2.3Na/c1-6-51-36-21-19-32(78-74-71-58)27-35(36)47(2,3)41(51)17-10-9-11-18-42-48(4,5)44-34-15-14-16-40(79(64,65)66)33(34)20-22-37(44)52(42)25-12-7-8-13-26-67-49-24-23-31-29-53(46(56)50-45(31)55)43-28-38(54)39(69-43)30-68-77(72-59,73-70-57,75(60)61)76(62)63;;;/h9-11,14-24,27,29,38-39,43,49,54H,6-8,12-13,25-26,28,30H2,1-5H3,(H4-,50,55,56,57,58,59,64,65,66);;;/q;3*+1/p-3/b24-23+;;;. The summed E-state index contributed by atoms with van der Waals surface area (Å²) in [6.07, 6.45) is 11.7. The maximum atomic E-state index is 12.8. The number of aromatic amines is 1. The van der Waals surface area contributed by atoms with Crippen LogP contribution in [0.2, 0.25) is 0 Å². The minimum Gasteiger partial charge on any atom is -0.744 e. The second-order valence-corrected chi connectivity index (χ2v) is 31.5. The molecule has 4 aromatic rings. The summed E-state index contributed by atoms with van der Waals surface area (Å²) < 4.78 is 85.8. The second-order valence-electron chi connectivity index (χ2n) is 19.2. The van der Waals surface area contributed by atoms with Gasteiger partial charge in [0, 0.05) is 52.4 Å². The molecule has 34 heteroatoms. The zero-order chi connectivity index (χ0) is 57.5. The number of aliphatic hydroxyl groups excluding tert-OH is 1. The van der Waals surface area contributed by atoms with Gasteiger partial charge in [-0.3, -0.25) is 5.04 Å². The Morgan fingerprint density at radius 3 is 2.32 bits per heavy atom. The van der Waals surface area contributed by atoms with Crippen molar-refractivity contribution in [1.29, 1.82) is 0 Å². The maximum absolute atomic E-state index is 12.8. The van der Waals surface area contributed by atoms with Crippen LogP contribution in [0, 0.1) is 0 Å². The van der Waals surface area contributed by atoms with E-state index in [0.717, 1.165) is 87.4 Å². The van der Waals surface area contributed by atoms with Crippen molar-refractivity contribution in [2.24, 2.45) is 0 Å². The number of likely N-dealkylation sites (N-methyl/N-ethyl adjacent to an activating group) is 1. The van der Waals surface area contributed by atoms with Crippen LogP contribution in [0.3, 0.4) is 0 Å². The predicted octanol–water partition coefficient (Wildman–Crippen LogP) is -5.71. The van der Waals surface area contributed by atoms with Crippen molar-refractivity contribution in [2.45, 2.75) is 106 Å². The Balaban J connectivity index is 0.00000482. The number of allylic oxidation sites excluding steroid dienone is 6. The molecule has 5 unspecified atom stereocenters. The molecule has 3 aliphatic heterocycles. The number of hydrogen-bond donors (Lipinski definition) is 3. The fourth-order valence-electron chi connectivity index (χ4n) is 9.98. The monoisotopic (exact) mass is 1260 g/mol. The van der Waals surface area contributed by atoms with Crippen LogP contribution in [-0.4, -0.2) is 76.4 Å². The van der Waals surface area contributed by atoms with Gasteiger partial charge in [-0.15, -0.1) is 0 Å². The number of aromatic nitrogens is 2. The van der Waals surface area contributed by atoms with E-state index in [4.69, 9.17) is 14.1 Å². The SMILES string of the molecule is CCN1/C(=C/C=C/C=C/C2=[N+](CCCCCCON/C=C/c3cn(C4CC(O)C(COP(O[O-])(OO[O-])([P+](=O)[O-])[P+](=O)[O-])O4)c(=O)[nH]c3=O)c3ccc4c(S(=O)(=O)[O-])cccc4c3C2(C)C)C(C)(C)c2cc(SOO[O-])ccc21.[Na+].[Na+].[Na+]. The quantitative estimate of drug-likeness (QED) is 0.00576. The van der Waals surface area contributed by atoms with E-state index in [0.29, 0.717) is 23.7 Å². The number of aliphatic hydroxyl groups is 1. The van der Waals surface area contributed by atoms with Gasteiger partial charge in [-0.2, -0.15) is 8.91 Å². The number of nitrogens with zero attached hydrogens (tertiary/aromatic N) is 3. The molecule has 0 radical (unpaired) electrons. The molecule has 1 fully saturated rings. The van der Waals surface area contributed by atoms with Gasteiger partial charge in [-0.1, -0.05) is 50.6 Å².